The minimum absolute atomic E-state index is 0.274. The van der Waals surface area contributed by atoms with Crippen LogP contribution in [0.15, 0.2) is 12.7 Å². The van der Waals surface area contributed by atoms with Gasteiger partial charge in [0, 0.05) is 12.6 Å². The van der Waals surface area contributed by atoms with Gasteiger partial charge in [0.15, 0.2) is 0 Å². The van der Waals surface area contributed by atoms with Crippen molar-refractivity contribution < 1.29 is 0 Å². The summed E-state index contributed by atoms with van der Waals surface area (Å²) in [7, 11) is 0. The average molecular weight is 209 g/mol. The first-order chi connectivity index (χ1) is 6.85. The molecule has 0 saturated heterocycles. The van der Waals surface area contributed by atoms with E-state index >= 15 is 0 Å². The molecule has 0 spiro atoms. The molecule has 0 aromatic rings. The molecule has 88 valence electrons. The van der Waals surface area contributed by atoms with Crippen molar-refractivity contribution in [3.05, 3.63) is 12.7 Å². The van der Waals surface area contributed by atoms with Crippen LogP contribution in [0.25, 0.3) is 0 Å². The Morgan fingerprint density at radius 2 is 1.80 bits per heavy atom. The third-order valence-corrected chi connectivity index (χ3v) is 3.31. The minimum atomic E-state index is 0.274. The minimum Gasteiger partial charge on any atom is -0.313 e. The van der Waals surface area contributed by atoms with Crippen LogP contribution in [0.5, 0.6) is 0 Å². The van der Waals surface area contributed by atoms with Crippen LogP contribution < -0.4 is 5.32 Å². The lowest BCUT2D eigenvalue weighted by Gasteiger charge is -2.30. The first-order valence-corrected chi connectivity index (χ1v) is 6.22. The van der Waals surface area contributed by atoms with Gasteiger partial charge in [0.05, 0.1) is 0 Å². The Hall–Kier alpha value is -0.300. The molecule has 1 rings (SSSR count). The summed E-state index contributed by atoms with van der Waals surface area (Å²) in [6.07, 6.45) is 7.37. The smallest absolute Gasteiger partial charge is 0.00685 e. The van der Waals surface area contributed by atoms with E-state index in [9.17, 15) is 0 Å². The highest BCUT2D eigenvalue weighted by molar-refractivity contribution is 4.96. The molecule has 0 aromatic carbocycles. The molecule has 0 aliphatic heterocycles. The Morgan fingerprint density at radius 1 is 1.20 bits per heavy atom. The lowest BCUT2D eigenvalue weighted by atomic mass is 9.79. The maximum Gasteiger partial charge on any atom is 0.00685 e. The van der Waals surface area contributed by atoms with Crippen molar-refractivity contribution in [3.8, 4) is 0 Å². The van der Waals surface area contributed by atoms with Crippen molar-refractivity contribution >= 4 is 0 Å². The fraction of sp³-hybridized carbons (Fsp3) is 0.857. The van der Waals surface area contributed by atoms with Gasteiger partial charge in [-0.25, -0.2) is 0 Å². The monoisotopic (exact) mass is 209 g/mol. The zero-order valence-corrected chi connectivity index (χ0v) is 10.9. The molecule has 15 heavy (non-hydrogen) atoms. The van der Waals surface area contributed by atoms with Crippen LogP contribution in [0.1, 0.15) is 53.4 Å². The summed E-state index contributed by atoms with van der Waals surface area (Å²) in [5.41, 5.74) is 0.708. The third kappa shape index (κ3) is 5.36. The molecule has 0 radical (unpaired) electrons. The summed E-state index contributed by atoms with van der Waals surface area (Å²) >= 11 is 0. The number of nitrogens with one attached hydrogen (secondary N) is 1. The van der Waals surface area contributed by atoms with Gasteiger partial charge >= 0.3 is 0 Å². The molecule has 1 saturated carbocycles. The normalized spacial score (nSPS) is 21.1. The highest BCUT2D eigenvalue weighted by Gasteiger charge is 2.27. The largest absolute Gasteiger partial charge is 0.313 e. The van der Waals surface area contributed by atoms with Crippen LogP contribution in [0.2, 0.25) is 0 Å². The van der Waals surface area contributed by atoms with E-state index in [1.54, 1.807) is 0 Å². The van der Waals surface area contributed by atoms with Crippen molar-refractivity contribution in [3.63, 3.8) is 0 Å². The van der Waals surface area contributed by atoms with Crippen LogP contribution in [-0.4, -0.2) is 12.6 Å². The summed E-state index contributed by atoms with van der Waals surface area (Å²) in [5.74, 6) is 0. The molecule has 1 atom stereocenters. The lowest BCUT2D eigenvalue weighted by molar-refractivity contribution is 0.275. The van der Waals surface area contributed by atoms with E-state index in [0.29, 0.717) is 5.41 Å². The fourth-order valence-corrected chi connectivity index (χ4v) is 1.59. The van der Waals surface area contributed by atoms with Crippen molar-refractivity contribution in [2.75, 3.05) is 6.54 Å². The highest BCUT2D eigenvalue weighted by Crippen LogP contribution is 2.32. The van der Waals surface area contributed by atoms with E-state index in [0.717, 1.165) is 12.6 Å². The standard InChI is InChI=1S/C14H27N/c1-6-14(5,10-9-13(2,3)4)11-15-12-7-8-12/h6,12,15H,1,7-11H2,2-5H3. The zero-order valence-electron chi connectivity index (χ0n) is 10.9. The molecule has 0 bridgehead atoms. The number of hydrogen-bond acceptors (Lipinski definition) is 1. The molecule has 0 amide bonds. The third-order valence-electron chi connectivity index (χ3n) is 3.31. The number of hydrogen-bond donors (Lipinski definition) is 1. The van der Waals surface area contributed by atoms with Gasteiger partial charge in [-0.2, -0.15) is 0 Å². The van der Waals surface area contributed by atoms with Crippen LogP contribution in [0, 0.1) is 10.8 Å². The lowest BCUT2D eigenvalue weighted by Crippen LogP contribution is -2.32. The molecule has 0 heterocycles. The molecule has 1 N–H and O–H groups in total. The van der Waals surface area contributed by atoms with Crippen molar-refractivity contribution in [2.45, 2.75) is 59.4 Å². The van der Waals surface area contributed by atoms with Gasteiger partial charge in [-0.3, -0.25) is 0 Å². The van der Waals surface area contributed by atoms with Gasteiger partial charge < -0.3 is 5.32 Å². The van der Waals surface area contributed by atoms with Gasteiger partial charge in [0.1, 0.15) is 0 Å². The Labute approximate surface area is 95.3 Å². The molecule has 1 unspecified atom stereocenters. The Balaban J connectivity index is 2.32. The van der Waals surface area contributed by atoms with E-state index < -0.39 is 0 Å². The average Bonchev–Trinajstić information content (AvgIpc) is 2.94. The predicted molar refractivity (Wildman–Crippen MR) is 68.0 cm³/mol. The number of rotatable bonds is 6. The van der Waals surface area contributed by atoms with E-state index in [1.807, 2.05) is 0 Å². The molecular formula is C14H27N. The summed E-state index contributed by atoms with van der Waals surface area (Å²) in [6, 6.07) is 0.805. The van der Waals surface area contributed by atoms with Crippen LogP contribution >= 0.6 is 0 Å². The second-order valence-corrected chi connectivity index (χ2v) is 6.57. The van der Waals surface area contributed by atoms with E-state index in [2.05, 4.69) is 45.7 Å². The van der Waals surface area contributed by atoms with E-state index in [1.165, 1.54) is 25.7 Å². The molecular weight excluding hydrogens is 182 g/mol. The predicted octanol–water partition coefficient (Wildman–Crippen LogP) is 3.76. The summed E-state index contributed by atoms with van der Waals surface area (Å²) < 4.78 is 0. The maximum absolute atomic E-state index is 3.99. The highest BCUT2D eigenvalue weighted by atomic mass is 15.0. The first-order valence-electron chi connectivity index (χ1n) is 6.22. The quantitative estimate of drug-likeness (QED) is 0.657. The van der Waals surface area contributed by atoms with Crippen LogP contribution in [0.3, 0.4) is 0 Å². The van der Waals surface area contributed by atoms with Gasteiger partial charge in [-0.1, -0.05) is 33.8 Å². The molecule has 1 nitrogen and oxygen atoms in total. The van der Waals surface area contributed by atoms with Crippen molar-refractivity contribution in [2.24, 2.45) is 10.8 Å². The molecule has 1 aliphatic rings. The topological polar surface area (TPSA) is 12.0 Å². The SMILES string of the molecule is C=CC(C)(CCC(C)(C)C)CNC1CC1. The second kappa shape index (κ2) is 4.69. The maximum atomic E-state index is 3.99. The molecule has 0 aromatic heterocycles. The molecule has 1 fully saturated rings. The zero-order chi connectivity index (χ0) is 11.5. The summed E-state index contributed by atoms with van der Waals surface area (Å²) in [5, 5.41) is 3.61. The Bertz CT molecular complexity index is 210. The van der Waals surface area contributed by atoms with Gasteiger partial charge in [-0.05, 0) is 36.5 Å². The summed E-state index contributed by atoms with van der Waals surface area (Å²) in [6.45, 7) is 14.3. The van der Waals surface area contributed by atoms with Crippen molar-refractivity contribution in [1.82, 2.24) is 5.32 Å². The van der Waals surface area contributed by atoms with Gasteiger partial charge in [-0.15, -0.1) is 6.58 Å². The molecule has 1 heteroatoms. The van der Waals surface area contributed by atoms with Gasteiger partial charge in [0.2, 0.25) is 0 Å². The Morgan fingerprint density at radius 3 is 2.20 bits per heavy atom. The van der Waals surface area contributed by atoms with E-state index in [-0.39, 0.29) is 5.41 Å². The summed E-state index contributed by atoms with van der Waals surface area (Å²) in [4.78, 5) is 0. The van der Waals surface area contributed by atoms with Crippen LogP contribution in [-0.2, 0) is 0 Å². The second-order valence-electron chi connectivity index (χ2n) is 6.57. The first kappa shape index (κ1) is 12.8. The van der Waals surface area contributed by atoms with Crippen molar-refractivity contribution in [1.29, 1.82) is 0 Å². The van der Waals surface area contributed by atoms with Crippen LogP contribution in [0.4, 0.5) is 0 Å². The van der Waals surface area contributed by atoms with Gasteiger partial charge in [0.25, 0.3) is 0 Å². The fourth-order valence-electron chi connectivity index (χ4n) is 1.59. The Kier molecular flexibility index (Phi) is 3.99. The van der Waals surface area contributed by atoms with E-state index in [4.69, 9.17) is 0 Å². The molecule has 1 aliphatic carbocycles.